The van der Waals surface area contributed by atoms with E-state index >= 15 is 0 Å². The van der Waals surface area contributed by atoms with Gasteiger partial charge in [0.15, 0.2) is 16.6 Å². The maximum absolute atomic E-state index is 5.95. The van der Waals surface area contributed by atoms with Crippen molar-refractivity contribution >= 4 is 28.8 Å². The fraction of sp³-hybridized carbons (Fsp3) is 0.0833. The van der Waals surface area contributed by atoms with Crippen molar-refractivity contribution < 1.29 is 4.74 Å². The third-order valence-electron chi connectivity index (χ3n) is 2.69. The summed E-state index contributed by atoms with van der Waals surface area (Å²) in [7, 11) is 1.57. The van der Waals surface area contributed by atoms with Crippen LogP contribution in [0.4, 0.5) is 0 Å². The Labute approximate surface area is 118 Å². The van der Waals surface area contributed by atoms with Crippen molar-refractivity contribution in [1.29, 1.82) is 0 Å². The molecule has 5 nitrogen and oxygen atoms in total. The molecule has 0 bridgehead atoms. The molecule has 0 atom stereocenters. The molecule has 2 heterocycles. The monoisotopic (exact) mass is 294 g/mol. The summed E-state index contributed by atoms with van der Waals surface area (Å²) in [5, 5.41) is 8.84. The fourth-order valence-corrected chi connectivity index (χ4v) is 2.18. The maximum Gasteiger partial charge on any atom is 0.195 e. The van der Waals surface area contributed by atoms with Crippen LogP contribution in [0.2, 0.25) is 10.2 Å². The summed E-state index contributed by atoms with van der Waals surface area (Å²) in [5.41, 5.74) is 1.31. The van der Waals surface area contributed by atoms with Gasteiger partial charge in [-0.05, 0) is 18.2 Å². The van der Waals surface area contributed by atoms with Crippen LogP contribution in [0.3, 0.4) is 0 Å². The molecule has 3 aromatic rings. The van der Waals surface area contributed by atoms with E-state index in [-0.39, 0.29) is 5.15 Å². The topological polar surface area (TPSA) is 52.3 Å². The Kier molecular flexibility index (Phi) is 3.00. The van der Waals surface area contributed by atoms with E-state index in [4.69, 9.17) is 27.9 Å². The normalized spacial score (nSPS) is 10.9. The lowest BCUT2D eigenvalue weighted by Crippen LogP contribution is -2.00. The zero-order valence-electron chi connectivity index (χ0n) is 9.84. The highest BCUT2D eigenvalue weighted by Crippen LogP contribution is 2.31. The lowest BCUT2D eigenvalue weighted by atomic mass is 10.2. The first-order valence-electron chi connectivity index (χ1n) is 5.40. The van der Waals surface area contributed by atoms with Crippen molar-refractivity contribution in [3.8, 4) is 17.1 Å². The summed E-state index contributed by atoms with van der Waals surface area (Å²) < 4.78 is 7.07. The second kappa shape index (κ2) is 4.68. The molecule has 0 unspecified atom stereocenters. The minimum atomic E-state index is 0.252. The van der Waals surface area contributed by atoms with Gasteiger partial charge in [-0.1, -0.05) is 23.2 Å². The van der Waals surface area contributed by atoms with Crippen LogP contribution in [-0.2, 0) is 0 Å². The predicted octanol–water partition coefficient (Wildman–Crippen LogP) is 3.11. The Morgan fingerprint density at radius 3 is 2.84 bits per heavy atom. The van der Waals surface area contributed by atoms with Gasteiger partial charge in [-0.15, -0.1) is 10.2 Å². The first kappa shape index (κ1) is 12.2. The Morgan fingerprint density at radius 2 is 2.05 bits per heavy atom. The van der Waals surface area contributed by atoms with E-state index in [1.165, 1.54) is 0 Å². The highest BCUT2D eigenvalue weighted by molar-refractivity contribution is 6.32. The molecule has 7 heteroatoms. The highest BCUT2D eigenvalue weighted by Gasteiger charge is 2.14. The number of halogens is 2. The average Bonchev–Trinajstić information content (AvgIpc) is 2.90. The minimum Gasteiger partial charge on any atom is -0.496 e. The molecule has 0 saturated heterocycles. The molecule has 3 rings (SSSR count). The fourth-order valence-electron chi connectivity index (χ4n) is 1.84. The second-order valence-electron chi connectivity index (χ2n) is 3.78. The van der Waals surface area contributed by atoms with Crippen molar-refractivity contribution in [3.05, 3.63) is 40.8 Å². The van der Waals surface area contributed by atoms with Crippen LogP contribution in [0.15, 0.2) is 30.6 Å². The van der Waals surface area contributed by atoms with Gasteiger partial charge in [0.1, 0.15) is 5.75 Å². The van der Waals surface area contributed by atoms with Gasteiger partial charge >= 0.3 is 0 Å². The number of ether oxygens (including phenoxy) is 1. The summed E-state index contributed by atoms with van der Waals surface area (Å²) in [5.74, 6) is 1.20. The zero-order chi connectivity index (χ0) is 13.4. The number of benzene rings is 1. The van der Waals surface area contributed by atoms with E-state index in [9.17, 15) is 0 Å². The Bertz CT molecular complexity index is 757. The van der Waals surface area contributed by atoms with Crippen molar-refractivity contribution in [2.45, 2.75) is 0 Å². The summed E-state index contributed by atoms with van der Waals surface area (Å²) in [6.45, 7) is 0. The molecule has 19 heavy (non-hydrogen) atoms. The summed E-state index contributed by atoms with van der Waals surface area (Å²) in [4.78, 5) is 4.14. The molecule has 0 spiro atoms. The molecular formula is C12H8Cl2N4O. The largest absolute Gasteiger partial charge is 0.496 e. The third kappa shape index (κ3) is 2.01. The van der Waals surface area contributed by atoms with Crippen molar-refractivity contribution in [2.24, 2.45) is 0 Å². The average molecular weight is 295 g/mol. The summed E-state index contributed by atoms with van der Waals surface area (Å²) >= 11 is 11.9. The maximum atomic E-state index is 5.95. The predicted molar refractivity (Wildman–Crippen MR) is 72.8 cm³/mol. The molecular weight excluding hydrogens is 287 g/mol. The molecule has 0 aliphatic carbocycles. The molecule has 0 amide bonds. The minimum absolute atomic E-state index is 0.252. The molecule has 0 N–H and O–H groups in total. The van der Waals surface area contributed by atoms with Crippen LogP contribution < -0.4 is 4.74 Å². The number of imidazole rings is 1. The highest BCUT2D eigenvalue weighted by atomic mass is 35.5. The lowest BCUT2D eigenvalue weighted by molar-refractivity contribution is 0.416. The standard InChI is InChI=1S/C12H8Cl2N4O/c1-19-9-6-7(13)2-3-8(9)11-17-16-10(14)12-15-4-5-18(11)12/h2-6H,1H3. The second-order valence-corrected chi connectivity index (χ2v) is 4.57. The van der Waals surface area contributed by atoms with Crippen molar-refractivity contribution in [2.75, 3.05) is 7.11 Å². The number of nitrogens with zero attached hydrogens (tertiary/aromatic N) is 4. The lowest BCUT2D eigenvalue weighted by Gasteiger charge is -2.09. The quantitative estimate of drug-likeness (QED) is 0.729. The van der Waals surface area contributed by atoms with Crippen molar-refractivity contribution in [1.82, 2.24) is 19.6 Å². The molecule has 0 radical (unpaired) electrons. The van der Waals surface area contributed by atoms with E-state index in [1.807, 2.05) is 6.07 Å². The van der Waals surface area contributed by atoms with Gasteiger partial charge in [-0.3, -0.25) is 4.40 Å². The first-order valence-corrected chi connectivity index (χ1v) is 6.15. The van der Waals surface area contributed by atoms with E-state index in [0.29, 0.717) is 22.2 Å². The number of fused-ring (bicyclic) bond motifs is 1. The van der Waals surface area contributed by atoms with Crippen molar-refractivity contribution in [3.63, 3.8) is 0 Å². The molecule has 0 aliphatic heterocycles. The molecule has 0 fully saturated rings. The first-order chi connectivity index (χ1) is 9.20. The Morgan fingerprint density at radius 1 is 1.21 bits per heavy atom. The van der Waals surface area contributed by atoms with Crippen LogP contribution in [-0.4, -0.2) is 26.7 Å². The SMILES string of the molecule is COc1cc(Cl)ccc1-c1nnc(Cl)c2nccn12. The van der Waals surface area contributed by atoms with E-state index in [0.717, 1.165) is 5.56 Å². The number of hydrogen-bond donors (Lipinski definition) is 0. The number of hydrogen-bond acceptors (Lipinski definition) is 4. The zero-order valence-corrected chi connectivity index (χ0v) is 11.4. The third-order valence-corrected chi connectivity index (χ3v) is 3.17. The van der Waals surface area contributed by atoms with Gasteiger partial charge in [0.2, 0.25) is 0 Å². The van der Waals surface area contributed by atoms with Crippen LogP contribution in [0.1, 0.15) is 0 Å². The van der Waals surface area contributed by atoms with Gasteiger partial charge in [0.25, 0.3) is 0 Å². The number of methoxy groups -OCH3 is 1. The van der Waals surface area contributed by atoms with E-state index in [1.54, 1.807) is 36.0 Å². The van der Waals surface area contributed by atoms with Gasteiger partial charge in [-0.2, -0.15) is 0 Å². The summed E-state index contributed by atoms with van der Waals surface area (Å²) in [6, 6.07) is 5.30. The van der Waals surface area contributed by atoms with Gasteiger partial charge in [0, 0.05) is 17.4 Å². The molecule has 0 saturated carbocycles. The molecule has 1 aromatic carbocycles. The van der Waals surface area contributed by atoms with Gasteiger partial charge < -0.3 is 4.74 Å². The van der Waals surface area contributed by atoms with E-state index < -0.39 is 0 Å². The van der Waals surface area contributed by atoms with Crippen LogP contribution >= 0.6 is 23.2 Å². The van der Waals surface area contributed by atoms with Gasteiger partial charge in [0.05, 0.1) is 12.7 Å². The van der Waals surface area contributed by atoms with Crippen LogP contribution in [0.25, 0.3) is 17.0 Å². The Balaban J connectivity index is 2.30. The number of aromatic nitrogens is 4. The molecule has 0 aliphatic rings. The number of rotatable bonds is 2. The summed E-state index contributed by atoms with van der Waals surface area (Å²) in [6.07, 6.45) is 3.40. The molecule has 96 valence electrons. The van der Waals surface area contributed by atoms with Crippen LogP contribution in [0.5, 0.6) is 5.75 Å². The molecule has 2 aromatic heterocycles. The van der Waals surface area contributed by atoms with Gasteiger partial charge in [-0.25, -0.2) is 4.98 Å². The van der Waals surface area contributed by atoms with E-state index in [2.05, 4.69) is 15.2 Å². The Hall–Kier alpha value is -1.85. The van der Waals surface area contributed by atoms with Crippen LogP contribution in [0, 0.1) is 0 Å². The smallest absolute Gasteiger partial charge is 0.195 e.